The molecule has 0 saturated carbocycles. The lowest BCUT2D eigenvalue weighted by Gasteiger charge is -2.18. The van der Waals surface area contributed by atoms with E-state index >= 15 is 0 Å². The first-order valence-electron chi connectivity index (χ1n) is 4.62. The van der Waals surface area contributed by atoms with Crippen LogP contribution in [0, 0.1) is 0 Å². The van der Waals surface area contributed by atoms with Crippen LogP contribution in [0.4, 0.5) is 0 Å². The molecule has 0 amide bonds. The van der Waals surface area contributed by atoms with Crippen molar-refractivity contribution in [3.8, 4) is 16.9 Å². The van der Waals surface area contributed by atoms with Gasteiger partial charge in [-0.3, -0.25) is 5.10 Å². The maximum absolute atomic E-state index is 5.54. The average molecular weight is 219 g/mol. The molecule has 1 aliphatic rings. The smallest absolute Gasteiger partial charge is 0.151 e. The number of aromatic amines is 1. The zero-order chi connectivity index (χ0) is 10.1. The Kier molecular flexibility index (Phi) is 2.12. The molecule has 0 radical (unpaired) electrons. The first kappa shape index (κ1) is 8.82. The van der Waals surface area contributed by atoms with Crippen LogP contribution in [0.25, 0.3) is 11.1 Å². The van der Waals surface area contributed by atoms with E-state index < -0.39 is 0 Å². The van der Waals surface area contributed by atoms with Gasteiger partial charge in [0.15, 0.2) is 5.75 Å². The zero-order valence-corrected chi connectivity index (χ0v) is 8.67. The quantitative estimate of drug-likeness (QED) is 0.570. The molecule has 0 spiro atoms. The monoisotopic (exact) mass is 219 g/mol. The average Bonchev–Trinajstić information content (AvgIpc) is 2.82. The molecular weight excluding hydrogens is 210 g/mol. The predicted octanol–water partition coefficient (Wildman–Crippen LogP) is 2.12. The SMILES string of the molecule is c1cc2c(c(-c3cn[nH]c3)c1)OSNC2. The summed E-state index contributed by atoms with van der Waals surface area (Å²) in [6.45, 7) is 0.825. The number of rotatable bonds is 1. The Hall–Kier alpha value is -1.46. The predicted molar refractivity (Wildman–Crippen MR) is 59.1 cm³/mol. The molecule has 2 aromatic rings. The molecule has 0 saturated heterocycles. The van der Waals surface area contributed by atoms with E-state index in [1.54, 1.807) is 6.20 Å². The number of hydrogen-bond acceptors (Lipinski definition) is 4. The highest BCUT2D eigenvalue weighted by molar-refractivity contribution is 7.93. The first-order chi connectivity index (χ1) is 7.45. The van der Waals surface area contributed by atoms with Gasteiger partial charge in [0, 0.05) is 29.4 Å². The van der Waals surface area contributed by atoms with Crippen molar-refractivity contribution in [1.29, 1.82) is 0 Å². The third-order valence-corrected chi connectivity index (χ3v) is 2.86. The number of benzene rings is 1. The second kappa shape index (κ2) is 3.60. The van der Waals surface area contributed by atoms with E-state index in [1.807, 2.05) is 18.3 Å². The van der Waals surface area contributed by atoms with Gasteiger partial charge in [-0.15, -0.1) is 0 Å². The Balaban J connectivity index is 2.15. The zero-order valence-electron chi connectivity index (χ0n) is 7.86. The summed E-state index contributed by atoms with van der Waals surface area (Å²) in [5, 5.41) is 6.75. The van der Waals surface area contributed by atoms with Crippen LogP contribution in [0.1, 0.15) is 5.56 Å². The largest absolute Gasteiger partial charge is 0.409 e. The summed E-state index contributed by atoms with van der Waals surface area (Å²) < 4.78 is 8.63. The van der Waals surface area contributed by atoms with Crippen molar-refractivity contribution in [3.05, 3.63) is 36.2 Å². The Bertz CT molecular complexity index is 470. The molecule has 4 nitrogen and oxygen atoms in total. The summed E-state index contributed by atoms with van der Waals surface area (Å²) in [6.07, 6.45) is 3.66. The van der Waals surface area contributed by atoms with E-state index in [9.17, 15) is 0 Å². The lowest BCUT2D eigenvalue weighted by molar-refractivity contribution is 0.602. The van der Waals surface area contributed by atoms with Gasteiger partial charge in [-0.05, 0) is 0 Å². The normalized spacial score (nSPS) is 14.4. The molecule has 0 atom stereocenters. The number of nitrogens with zero attached hydrogens (tertiary/aromatic N) is 1. The van der Waals surface area contributed by atoms with E-state index in [2.05, 4.69) is 21.0 Å². The minimum atomic E-state index is 0.825. The molecule has 2 N–H and O–H groups in total. The first-order valence-corrected chi connectivity index (χ1v) is 5.37. The molecular formula is C10H9N3OS. The summed E-state index contributed by atoms with van der Waals surface area (Å²) in [4.78, 5) is 0. The molecule has 0 aliphatic carbocycles. The summed E-state index contributed by atoms with van der Waals surface area (Å²) in [6, 6.07) is 6.13. The third kappa shape index (κ3) is 1.49. The Labute approximate surface area is 91.4 Å². The third-order valence-electron chi connectivity index (χ3n) is 2.35. The van der Waals surface area contributed by atoms with Gasteiger partial charge in [0.25, 0.3) is 0 Å². The molecule has 15 heavy (non-hydrogen) atoms. The molecule has 0 fully saturated rings. The van der Waals surface area contributed by atoms with Crippen LogP contribution in [0.2, 0.25) is 0 Å². The fraction of sp³-hybridized carbons (Fsp3) is 0.100. The highest BCUT2D eigenvalue weighted by Crippen LogP contribution is 2.36. The van der Waals surface area contributed by atoms with Crippen molar-refractivity contribution in [1.82, 2.24) is 14.9 Å². The van der Waals surface area contributed by atoms with Gasteiger partial charge in [0.05, 0.1) is 6.20 Å². The van der Waals surface area contributed by atoms with Crippen molar-refractivity contribution in [3.63, 3.8) is 0 Å². The molecule has 5 heteroatoms. The second-order valence-electron chi connectivity index (χ2n) is 3.27. The Morgan fingerprint density at radius 3 is 3.27 bits per heavy atom. The summed E-state index contributed by atoms with van der Waals surface area (Å²) >= 11 is 1.27. The molecule has 0 bridgehead atoms. The van der Waals surface area contributed by atoms with Gasteiger partial charge >= 0.3 is 0 Å². The van der Waals surface area contributed by atoms with E-state index in [0.29, 0.717) is 0 Å². The summed E-state index contributed by atoms with van der Waals surface area (Å²) in [7, 11) is 0. The van der Waals surface area contributed by atoms with E-state index in [1.165, 1.54) is 17.8 Å². The number of nitrogens with one attached hydrogen (secondary N) is 2. The van der Waals surface area contributed by atoms with Crippen LogP contribution in [-0.2, 0) is 6.54 Å². The maximum Gasteiger partial charge on any atom is 0.151 e. The topological polar surface area (TPSA) is 49.9 Å². The van der Waals surface area contributed by atoms with Crippen LogP contribution < -0.4 is 8.91 Å². The number of hydrogen-bond donors (Lipinski definition) is 2. The molecule has 1 aliphatic heterocycles. The minimum absolute atomic E-state index is 0.825. The highest BCUT2D eigenvalue weighted by Gasteiger charge is 2.16. The number of aromatic nitrogens is 2. The molecule has 1 aromatic heterocycles. The van der Waals surface area contributed by atoms with Gasteiger partial charge in [-0.25, -0.2) is 4.72 Å². The fourth-order valence-corrected chi connectivity index (χ4v) is 2.18. The van der Waals surface area contributed by atoms with E-state index in [0.717, 1.165) is 23.4 Å². The van der Waals surface area contributed by atoms with Crippen molar-refractivity contribution >= 4 is 12.2 Å². The fourth-order valence-electron chi connectivity index (χ4n) is 1.63. The van der Waals surface area contributed by atoms with E-state index in [4.69, 9.17) is 4.18 Å². The number of fused-ring (bicyclic) bond motifs is 1. The molecule has 3 rings (SSSR count). The van der Waals surface area contributed by atoms with Crippen LogP contribution >= 0.6 is 12.2 Å². The van der Waals surface area contributed by atoms with Crippen LogP contribution in [-0.4, -0.2) is 10.2 Å². The van der Waals surface area contributed by atoms with Crippen molar-refractivity contribution in [2.45, 2.75) is 6.54 Å². The van der Waals surface area contributed by atoms with E-state index in [-0.39, 0.29) is 0 Å². The van der Waals surface area contributed by atoms with Crippen LogP contribution in [0.3, 0.4) is 0 Å². The lowest BCUT2D eigenvalue weighted by atomic mass is 10.0. The molecule has 1 aromatic carbocycles. The highest BCUT2D eigenvalue weighted by atomic mass is 32.2. The Morgan fingerprint density at radius 2 is 2.40 bits per heavy atom. The van der Waals surface area contributed by atoms with Crippen molar-refractivity contribution < 1.29 is 4.18 Å². The van der Waals surface area contributed by atoms with Crippen LogP contribution in [0.5, 0.6) is 5.75 Å². The standard InChI is InChI=1S/C10H9N3OS/c1-2-7-6-13-15-14-10(7)9(3-1)8-4-11-12-5-8/h1-5,13H,6H2,(H,11,12). The molecule has 2 heterocycles. The second-order valence-corrected chi connectivity index (χ2v) is 3.89. The molecule has 76 valence electrons. The molecule has 0 unspecified atom stereocenters. The maximum atomic E-state index is 5.54. The summed E-state index contributed by atoms with van der Waals surface area (Å²) in [5.74, 6) is 0.933. The van der Waals surface area contributed by atoms with Gasteiger partial charge in [-0.1, -0.05) is 18.2 Å². The van der Waals surface area contributed by atoms with Gasteiger partial charge < -0.3 is 4.18 Å². The number of para-hydroxylation sites is 1. The summed E-state index contributed by atoms with van der Waals surface area (Å²) in [5.41, 5.74) is 3.30. The van der Waals surface area contributed by atoms with Gasteiger partial charge in [0.2, 0.25) is 0 Å². The lowest BCUT2D eigenvalue weighted by Crippen LogP contribution is -2.12. The van der Waals surface area contributed by atoms with Crippen molar-refractivity contribution in [2.75, 3.05) is 0 Å². The van der Waals surface area contributed by atoms with Crippen LogP contribution in [0.15, 0.2) is 30.6 Å². The van der Waals surface area contributed by atoms with Crippen molar-refractivity contribution in [2.24, 2.45) is 0 Å². The van der Waals surface area contributed by atoms with Gasteiger partial charge in [0.1, 0.15) is 12.2 Å². The van der Waals surface area contributed by atoms with Gasteiger partial charge in [-0.2, -0.15) is 5.10 Å². The number of H-pyrrole nitrogens is 1. The minimum Gasteiger partial charge on any atom is -0.409 e. The Morgan fingerprint density at radius 1 is 1.40 bits per heavy atom.